The zero-order chi connectivity index (χ0) is 16.5. The summed E-state index contributed by atoms with van der Waals surface area (Å²) in [6.07, 6.45) is 0.529. The summed E-state index contributed by atoms with van der Waals surface area (Å²) in [5.41, 5.74) is 0.890. The van der Waals surface area contributed by atoms with Gasteiger partial charge in [0.05, 0.1) is 0 Å². The minimum absolute atomic E-state index is 0.0508. The first kappa shape index (κ1) is 16.8. The van der Waals surface area contributed by atoms with Crippen molar-refractivity contribution in [3.8, 4) is 11.5 Å². The largest absolute Gasteiger partial charge is 0.457 e. The van der Waals surface area contributed by atoms with Crippen molar-refractivity contribution in [3.63, 3.8) is 0 Å². The van der Waals surface area contributed by atoms with E-state index >= 15 is 0 Å². The lowest BCUT2D eigenvalue weighted by Crippen LogP contribution is -2.40. The lowest BCUT2D eigenvalue weighted by Gasteiger charge is -2.15. The lowest BCUT2D eigenvalue weighted by molar-refractivity contribution is 0.230. The Balaban J connectivity index is 1.94. The number of benzene rings is 2. The molecule has 2 aromatic carbocycles. The normalized spacial score (nSPS) is 11.6. The topological polar surface area (TPSA) is 70.6 Å². The molecule has 1 atom stereocenters. The Hall–Kier alpha value is -2.53. The number of carbonyl (C=O) groups is 1. The molecule has 5 nitrogen and oxygen atoms in total. The van der Waals surface area contributed by atoms with Gasteiger partial charge in [0.25, 0.3) is 0 Å². The monoisotopic (exact) mass is 314 g/mol. The quantitative estimate of drug-likeness (QED) is 0.735. The number of urea groups is 1. The molecule has 5 heteroatoms. The molecule has 0 unspecified atom stereocenters. The maximum Gasteiger partial charge on any atom is 0.315 e. The molecule has 0 aliphatic heterocycles. The summed E-state index contributed by atoms with van der Waals surface area (Å²) in [5.74, 6) is 1.46. The molecular weight excluding hydrogens is 292 g/mol. The summed E-state index contributed by atoms with van der Waals surface area (Å²) in [6, 6.07) is 16.8. The molecule has 0 heterocycles. The van der Waals surface area contributed by atoms with Crippen molar-refractivity contribution < 1.29 is 14.6 Å². The van der Waals surface area contributed by atoms with E-state index in [1.54, 1.807) is 0 Å². The second kappa shape index (κ2) is 8.80. The molecule has 2 aromatic rings. The van der Waals surface area contributed by atoms with Crippen molar-refractivity contribution in [3.05, 3.63) is 60.2 Å². The van der Waals surface area contributed by atoms with E-state index in [-0.39, 0.29) is 18.7 Å². The molecule has 3 N–H and O–H groups in total. The SMILES string of the molecule is C[C@H](CCO)NC(=O)NCc1ccccc1Oc1ccccc1. The van der Waals surface area contributed by atoms with Crippen LogP contribution in [0.1, 0.15) is 18.9 Å². The highest BCUT2D eigenvalue weighted by molar-refractivity contribution is 5.74. The van der Waals surface area contributed by atoms with Gasteiger partial charge in [0.1, 0.15) is 11.5 Å². The Morgan fingerprint density at radius 1 is 1.13 bits per heavy atom. The number of rotatable bonds is 7. The van der Waals surface area contributed by atoms with E-state index in [0.717, 1.165) is 11.3 Å². The fourth-order valence-corrected chi connectivity index (χ4v) is 2.08. The van der Waals surface area contributed by atoms with Gasteiger partial charge < -0.3 is 20.5 Å². The second-order valence-electron chi connectivity index (χ2n) is 5.26. The minimum atomic E-state index is -0.263. The van der Waals surface area contributed by atoms with Gasteiger partial charge >= 0.3 is 6.03 Å². The highest BCUT2D eigenvalue weighted by atomic mass is 16.5. The molecule has 0 bridgehead atoms. The van der Waals surface area contributed by atoms with Crippen molar-refractivity contribution in [2.75, 3.05) is 6.61 Å². The molecule has 0 aliphatic carbocycles. The molecular formula is C18H22N2O3. The molecule has 0 aromatic heterocycles. The summed E-state index contributed by atoms with van der Waals surface area (Å²) >= 11 is 0. The maximum absolute atomic E-state index is 11.8. The van der Waals surface area contributed by atoms with Crippen molar-refractivity contribution in [1.29, 1.82) is 0 Å². The van der Waals surface area contributed by atoms with Crippen molar-refractivity contribution in [1.82, 2.24) is 10.6 Å². The van der Waals surface area contributed by atoms with E-state index in [0.29, 0.717) is 18.7 Å². The van der Waals surface area contributed by atoms with Gasteiger partial charge in [-0.1, -0.05) is 36.4 Å². The molecule has 2 amide bonds. The maximum atomic E-state index is 11.8. The fraction of sp³-hybridized carbons (Fsp3) is 0.278. The van der Waals surface area contributed by atoms with E-state index in [9.17, 15) is 4.79 Å². The summed E-state index contributed by atoms with van der Waals surface area (Å²) < 4.78 is 5.86. The Morgan fingerprint density at radius 2 is 1.83 bits per heavy atom. The van der Waals surface area contributed by atoms with Crippen molar-refractivity contribution >= 4 is 6.03 Å². The Morgan fingerprint density at radius 3 is 2.57 bits per heavy atom. The molecule has 0 saturated heterocycles. The molecule has 2 rings (SSSR count). The van der Waals surface area contributed by atoms with Crippen LogP contribution in [0.4, 0.5) is 4.79 Å². The number of nitrogens with one attached hydrogen (secondary N) is 2. The first-order valence-electron chi connectivity index (χ1n) is 7.65. The molecule has 0 aliphatic rings. The van der Waals surface area contributed by atoms with Gasteiger partial charge in [-0.3, -0.25) is 0 Å². The van der Waals surface area contributed by atoms with E-state index in [2.05, 4.69) is 10.6 Å². The Kier molecular flexibility index (Phi) is 6.44. The Labute approximate surface area is 136 Å². The number of hydrogen-bond acceptors (Lipinski definition) is 3. The van der Waals surface area contributed by atoms with Crippen LogP contribution in [0.5, 0.6) is 11.5 Å². The van der Waals surface area contributed by atoms with Crippen LogP contribution in [-0.2, 0) is 6.54 Å². The standard InChI is InChI=1S/C18H22N2O3/c1-14(11-12-21)20-18(22)19-13-15-7-5-6-10-17(15)23-16-8-3-2-4-9-16/h2-10,14,21H,11-13H2,1H3,(H2,19,20,22)/t14-/m1/s1. The predicted molar refractivity (Wildman–Crippen MR) is 89.5 cm³/mol. The third kappa shape index (κ3) is 5.64. The zero-order valence-electron chi connectivity index (χ0n) is 13.2. The highest BCUT2D eigenvalue weighted by Gasteiger charge is 2.08. The number of aliphatic hydroxyl groups excluding tert-OH is 1. The Bertz CT molecular complexity index is 617. The second-order valence-corrected chi connectivity index (χ2v) is 5.26. The van der Waals surface area contributed by atoms with Gasteiger partial charge in [0.2, 0.25) is 0 Å². The van der Waals surface area contributed by atoms with Gasteiger partial charge in [-0.15, -0.1) is 0 Å². The van der Waals surface area contributed by atoms with Gasteiger partial charge in [0, 0.05) is 24.8 Å². The summed E-state index contributed by atoms with van der Waals surface area (Å²) in [4.78, 5) is 11.8. The third-order valence-corrected chi connectivity index (χ3v) is 3.32. The average Bonchev–Trinajstić information content (AvgIpc) is 2.55. The smallest absolute Gasteiger partial charge is 0.315 e. The van der Waals surface area contributed by atoms with Crippen LogP contribution in [-0.4, -0.2) is 23.8 Å². The van der Waals surface area contributed by atoms with Gasteiger partial charge in [0.15, 0.2) is 0 Å². The number of ether oxygens (including phenoxy) is 1. The fourth-order valence-electron chi connectivity index (χ4n) is 2.08. The van der Waals surface area contributed by atoms with E-state index in [1.807, 2.05) is 61.5 Å². The number of hydrogen-bond donors (Lipinski definition) is 3. The van der Waals surface area contributed by atoms with E-state index in [4.69, 9.17) is 9.84 Å². The summed E-state index contributed by atoms with van der Waals surface area (Å²) in [7, 11) is 0. The number of amides is 2. The van der Waals surface area contributed by atoms with Crippen LogP contribution < -0.4 is 15.4 Å². The molecule has 0 spiro atoms. The minimum Gasteiger partial charge on any atom is -0.457 e. The predicted octanol–water partition coefficient (Wildman–Crippen LogP) is 3.05. The first-order chi connectivity index (χ1) is 11.2. The van der Waals surface area contributed by atoms with Crippen LogP contribution in [0, 0.1) is 0 Å². The zero-order valence-corrected chi connectivity index (χ0v) is 13.2. The average molecular weight is 314 g/mol. The van der Waals surface area contributed by atoms with Crippen LogP contribution in [0.2, 0.25) is 0 Å². The van der Waals surface area contributed by atoms with Crippen molar-refractivity contribution in [2.24, 2.45) is 0 Å². The van der Waals surface area contributed by atoms with Gasteiger partial charge in [-0.05, 0) is 31.5 Å². The summed E-state index contributed by atoms with van der Waals surface area (Å²) in [6.45, 7) is 2.26. The molecule has 0 fully saturated rings. The van der Waals surface area contributed by atoms with Crippen LogP contribution >= 0.6 is 0 Å². The van der Waals surface area contributed by atoms with E-state index in [1.165, 1.54) is 0 Å². The van der Waals surface area contributed by atoms with Crippen molar-refractivity contribution in [2.45, 2.75) is 25.9 Å². The van der Waals surface area contributed by atoms with Gasteiger partial charge in [-0.25, -0.2) is 4.79 Å². The number of para-hydroxylation sites is 2. The molecule has 0 saturated carbocycles. The summed E-state index contributed by atoms with van der Waals surface area (Å²) in [5, 5.41) is 14.4. The highest BCUT2D eigenvalue weighted by Crippen LogP contribution is 2.24. The van der Waals surface area contributed by atoms with Crippen LogP contribution in [0.15, 0.2) is 54.6 Å². The number of aliphatic hydroxyl groups is 1. The lowest BCUT2D eigenvalue weighted by atomic mass is 10.2. The van der Waals surface area contributed by atoms with Crippen LogP contribution in [0.3, 0.4) is 0 Å². The van der Waals surface area contributed by atoms with E-state index < -0.39 is 0 Å². The molecule has 0 radical (unpaired) electrons. The van der Waals surface area contributed by atoms with Crippen LogP contribution in [0.25, 0.3) is 0 Å². The molecule has 122 valence electrons. The molecule has 23 heavy (non-hydrogen) atoms. The third-order valence-electron chi connectivity index (χ3n) is 3.32. The first-order valence-corrected chi connectivity index (χ1v) is 7.65. The number of carbonyl (C=O) groups excluding carboxylic acids is 1. The van der Waals surface area contributed by atoms with Gasteiger partial charge in [-0.2, -0.15) is 0 Å².